The van der Waals surface area contributed by atoms with E-state index in [1.54, 1.807) is 6.92 Å². The monoisotopic (exact) mass is 484 g/mol. The summed E-state index contributed by atoms with van der Waals surface area (Å²) in [6, 6.07) is 16.5. The number of carbonyl (C=O) groups excluding carboxylic acids is 2. The van der Waals surface area contributed by atoms with Crippen LogP contribution in [0.5, 0.6) is 0 Å². The van der Waals surface area contributed by atoms with Gasteiger partial charge >= 0.3 is 0 Å². The average Bonchev–Trinajstić information content (AvgIpc) is 3.18. The Morgan fingerprint density at radius 1 is 1.09 bits per heavy atom. The Bertz CT molecular complexity index is 1090. The van der Waals surface area contributed by atoms with Gasteiger partial charge in [0.2, 0.25) is 11.8 Å². The lowest BCUT2D eigenvalue weighted by Gasteiger charge is -2.22. The van der Waals surface area contributed by atoms with Gasteiger partial charge in [0.15, 0.2) is 0 Å². The van der Waals surface area contributed by atoms with Crippen LogP contribution in [0.1, 0.15) is 29.6 Å². The molecule has 0 unspecified atom stereocenters. The van der Waals surface area contributed by atoms with Crippen LogP contribution in [0.3, 0.4) is 0 Å². The van der Waals surface area contributed by atoms with Gasteiger partial charge in [-0.3, -0.25) is 9.59 Å². The van der Waals surface area contributed by atoms with Gasteiger partial charge in [0, 0.05) is 30.5 Å². The molecule has 0 bridgehead atoms. The number of nitrogens with one attached hydrogen (secondary N) is 2. The van der Waals surface area contributed by atoms with E-state index in [0.717, 1.165) is 26.7 Å². The first kappa shape index (κ1) is 24.9. The van der Waals surface area contributed by atoms with E-state index in [1.807, 2.05) is 61.5 Å². The second-order valence-corrected chi connectivity index (χ2v) is 9.36. The maximum absolute atomic E-state index is 13.1. The molecule has 0 fully saturated rings. The summed E-state index contributed by atoms with van der Waals surface area (Å²) in [6.07, 6.45) is 1.21. The zero-order valence-corrected chi connectivity index (χ0v) is 20.4. The minimum atomic E-state index is -0.736. The summed E-state index contributed by atoms with van der Waals surface area (Å²) in [7, 11) is 0. The molecule has 3 aromatic rings. The maximum atomic E-state index is 13.1. The highest BCUT2D eigenvalue weighted by atomic mass is 35.5. The van der Waals surface area contributed by atoms with Gasteiger partial charge in [-0.25, -0.2) is 4.98 Å². The summed E-state index contributed by atoms with van der Waals surface area (Å²) in [6.45, 7) is 3.98. The van der Waals surface area contributed by atoms with Crippen LogP contribution in [0.2, 0.25) is 5.02 Å². The van der Waals surface area contributed by atoms with Crippen molar-refractivity contribution in [3.63, 3.8) is 0 Å². The van der Waals surface area contributed by atoms with Crippen LogP contribution in [-0.2, 0) is 22.4 Å². The lowest BCUT2D eigenvalue weighted by atomic mass is 10.1. The fourth-order valence-electron chi connectivity index (χ4n) is 3.51. The third-order valence-electron chi connectivity index (χ3n) is 5.24. The van der Waals surface area contributed by atoms with Crippen molar-refractivity contribution in [2.24, 2.45) is 5.73 Å². The predicted octanol–water partition coefficient (Wildman–Crippen LogP) is 3.90. The molecular formula is C25H29ClN4O2S. The molecule has 1 aromatic heterocycles. The number of nitrogens with two attached hydrogens (primary N) is 1. The molecule has 4 N–H and O–H groups in total. The Labute approximate surface area is 203 Å². The molecule has 6 nitrogen and oxygen atoms in total. The highest BCUT2D eigenvalue weighted by Gasteiger charge is 2.25. The standard InChI is InChI=1S/C25H29ClN4O2S/c1-3-22(31)30-21(25(32)29-20(15-27)12-17-8-5-4-6-9-17)14-23-28-16(2)24(33-23)18-10-7-11-19(26)13-18/h4-11,13,20-21H,3,12,14-15,27H2,1-2H3,(H,29,32)(H,30,31)/t20-,21-/m0/s1. The van der Waals surface area contributed by atoms with E-state index in [0.29, 0.717) is 30.8 Å². The van der Waals surface area contributed by atoms with Crippen molar-refractivity contribution in [2.45, 2.75) is 45.2 Å². The molecule has 0 spiro atoms. The van der Waals surface area contributed by atoms with Gasteiger partial charge in [0.25, 0.3) is 0 Å². The van der Waals surface area contributed by atoms with Crippen molar-refractivity contribution in [1.29, 1.82) is 0 Å². The normalized spacial score (nSPS) is 12.7. The summed E-state index contributed by atoms with van der Waals surface area (Å²) >= 11 is 7.65. The number of benzene rings is 2. The molecule has 0 saturated carbocycles. The molecule has 2 aromatic carbocycles. The van der Waals surface area contributed by atoms with Crippen LogP contribution in [0.25, 0.3) is 10.4 Å². The number of hydrogen-bond acceptors (Lipinski definition) is 5. The van der Waals surface area contributed by atoms with Gasteiger partial charge in [0.05, 0.1) is 15.6 Å². The van der Waals surface area contributed by atoms with Gasteiger partial charge in [-0.15, -0.1) is 11.3 Å². The molecule has 8 heteroatoms. The van der Waals surface area contributed by atoms with E-state index < -0.39 is 6.04 Å². The molecule has 2 atom stereocenters. The van der Waals surface area contributed by atoms with E-state index in [1.165, 1.54) is 11.3 Å². The molecule has 0 aliphatic carbocycles. The quantitative estimate of drug-likeness (QED) is 0.406. The lowest BCUT2D eigenvalue weighted by Crippen LogP contribution is -2.52. The van der Waals surface area contributed by atoms with Crippen molar-refractivity contribution in [3.8, 4) is 10.4 Å². The SMILES string of the molecule is CCC(=O)N[C@@H](Cc1nc(C)c(-c2cccc(Cl)c2)s1)C(=O)N[C@H](CN)Cc1ccccc1. The van der Waals surface area contributed by atoms with E-state index in [9.17, 15) is 9.59 Å². The predicted molar refractivity (Wildman–Crippen MR) is 134 cm³/mol. The molecule has 2 amide bonds. The Morgan fingerprint density at radius 2 is 1.85 bits per heavy atom. The van der Waals surface area contributed by atoms with Gasteiger partial charge < -0.3 is 16.4 Å². The molecule has 0 radical (unpaired) electrons. The highest BCUT2D eigenvalue weighted by Crippen LogP contribution is 2.32. The molecule has 0 aliphatic heterocycles. The number of amides is 2. The summed E-state index contributed by atoms with van der Waals surface area (Å²) < 4.78 is 0. The molecule has 3 rings (SSSR count). The number of halogens is 1. The van der Waals surface area contributed by atoms with Crippen LogP contribution >= 0.6 is 22.9 Å². The second kappa shape index (κ2) is 11.9. The fraction of sp³-hybridized carbons (Fsp3) is 0.320. The lowest BCUT2D eigenvalue weighted by molar-refractivity contribution is -0.129. The van der Waals surface area contributed by atoms with Crippen molar-refractivity contribution >= 4 is 34.8 Å². The van der Waals surface area contributed by atoms with E-state index in [2.05, 4.69) is 15.6 Å². The minimum Gasteiger partial charge on any atom is -0.350 e. The summed E-state index contributed by atoms with van der Waals surface area (Å²) in [5, 5.41) is 7.27. The van der Waals surface area contributed by atoms with Gasteiger partial charge in [0.1, 0.15) is 6.04 Å². The third-order valence-corrected chi connectivity index (χ3v) is 6.70. The van der Waals surface area contributed by atoms with Crippen LogP contribution in [0.15, 0.2) is 54.6 Å². The Hall–Kier alpha value is -2.74. The van der Waals surface area contributed by atoms with Crippen LogP contribution in [0.4, 0.5) is 0 Å². The molecule has 0 aliphatic rings. The van der Waals surface area contributed by atoms with Gasteiger partial charge in [-0.1, -0.05) is 61.0 Å². The average molecular weight is 485 g/mol. The summed E-state index contributed by atoms with van der Waals surface area (Å²) in [4.78, 5) is 30.9. The molecule has 0 saturated heterocycles. The number of hydrogen-bond donors (Lipinski definition) is 3. The third kappa shape index (κ3) is 7.12. The second-order valence-electron chi connectivity index (χ2n) is 7.84. The van der Waals surface area contributed by atoms with Crippen molar-refractivity contribution in [1.82, 2.24) is 15.6 Å². The minimum absolute atomic E-state index is 0.189. The molecule has 174 valence electrons. The Kier molecular flexibility index (Phi) is 9.00. The number of thiazole rings is 1. The molecule has 33 heavy (non-hydrogen) atoms. The van der Waals surface area contributed by atoms with Crippen molar-refractivity contribution < 1.29 is 9.59 Å². The van der Waals surface area contributed by atoms with Crippen LogP contribution in [-0.4, -0.2) is 35.4 Å². The zero-order valence-electron chi connectivity index (χ0n) is 18.8. The van der Waals surface area contributed by atoms with Crippen LogP contribution in [0, 0.1) is 6.92 Å². The topological polar surface area (TPSA) is 97.1 Å². The van der Waals surface area contributed by atoms with Crippen LogP contribution < -0.4 is 16.4 Å². The summed E-state index contributed by atoms with van der Waals surface area (Å²) in [5.41, 5.74) is 8.86. The number of rotatable bonds is 10. The Morgan fingerprint density at radius 3 is 2.52 bits per heavy atom. The molecule has 1 heterocycles. The fourth-order valence-corrected chi connectivity index (χ4v) is 4.81. The number of aromatic nitrogens is 1. The van der Waals surface area contributed by atoms with E-state index in [-0.39, 0.29) is 17.9 Å². The first-order chi connectivity index (χ1) is 15.9. The number of aryl methyl sites for hydroxylation is 1. The smallest absolute Gasteiger partial charge is 0.243 e. The first-order valence-electron chi connectivity index (χ1n) is 11.0. The Balaban J connectivity index is 1.76. The molecular weight excluding hydrogens is 456 g/mol. The van der Waals surface area contributed by atoms with E-state index in [4.69, 9.17) is 17.3 Å². The van der Waals surface area contributed by atoms with E-state index >= 15 is 0 Å². The van der Waals surface area contributed by atoms with Gasteiger partial charge in [-0.05, 0) is 36.6 Å². The maximum Gasteiger partial charge on any atom is 0.243 e. The highest BCUT2D eigenvalue weighted by molar-refractivity contribution is 7.15. The zero-order chi connectivity index (χ0) is 23.8. The van der Waals surface area contributed by atoms with Gasteiger partial charge in [-0.2, -0.15) is 0 Å². The number of nitrogens with zero attached hydrogens (tertiary/aromatic N) is 1. The van der Waals surface area contributed by atoms with Crippen molar-refractivity contribution in [2.75, 3.05) is 6.54 Å². The first-order valence-corrected chi connectivity index (χ1v) is 12.1. The number of carbonyl (C=O) groups is 2. The summed E-state index contributed by atoms with van der Waals surface area (Å²) in [5.74, 6) is -0.453. The largest absolute Gasteiger partial charge is 0.350 e. The van der Waals surface area contributed by atoms with Crippen molar-refractivity contribution in [3.05, 3.63) is 75.9 Å².